The van der Waals surface area contributed by atoms with Gasteiger partial charge in [-0.05, 0) is 6.42 Å². The number of carbonyl (C=O) groups is 2. The Morgan fingerprint density at radius 3 is 2.62 bits per heavy atom. The number of aliphatic carboxylic acids is 1. The average molecular weight is 342 g/mol. The number of nitrogens with zero attached hydrogens (tertiary/aromatic N) is 3. The van der Waals surface area contributed by atoms with Crippen molar-refractivity contribution in [1.82, 2.24) is 25.7 Å². The second-order valence-electron chi connectivity index (χ2n) is 5.44. The van der Waals surface area contributed by atoms with E-state index in [0.29, 0.717) is 26.2 Å². The molecule has 1 aliphatic heterocycles. The van der Waals surface area contributed by atoms with Gasteiger partial charge in [0.15, 0.2) is 0 Å². The van der Waals surface area contributed by atoms with Crippen molar-refractivity contribution >= 4 is 12.0 Å². The first-order valence-corrected chi connectivity index (χ1v) is 7.69. The minimum Gasteiger partial charge on any atom is -0.481 e. The van der Waals surface area contributed by atoms with E-state index in [-0.39, 0.29) is 37.3 Å². The van der Waals surface area contributed by atoms with Gasteiger partial charge in [-0.1, -0.05) is 0 Å². The Kier molecular flexibility index (Phi) is 6.46. The second kappa shape index (κ2) is 8.57. The standard InChI is InChI=1S/C13H22N6O5/c14-8(7-20)11-17-18-12(24-11)9(1-2-10(21)22)16-13(23)19-5-3-15-4-6-19/h8-9,15,20H,1-7,14H2,(H,16,23)(H,21,22)/t8-,9-/m0/s1. The average Bonchev–Trinajstić information content (AvgIpc) is 3.08. The van der Waals surface area contributed by atoms with Crippen LogP contribution in [0, 0.1) is 0 Å². The zero-order chi connectivity index (χ0) is 17.5. The lowest BCUT2D eigenvalue weighted by atomic mass is 10.1. The zero-order valence-electron chi connectivity index (χ0n) is 13.1. The second-order valence-corrected chi connectivity index (χ2v) is 5.44. The van der Waals surface area contributed by atoms with Crippen molar-refractivity contribution in [3.63, 3.8) is 0 Å². The number of urea groups is 1. The van der Waals surface area contributed by atoms with Crippen LogP contribution in [0.15, 0.2) is 4.42 Å². The van der Waals surface area contributed by atoms with Crippen molar-refractivity contribution in [2.45, 2.75) is 24.9 Å². The molecule has 2 heterocycles. The number of rotatable bonds is 7. The van der Waals surface area contributed by atoms with Crippen molar-refractivity contribution < 1.29 is 24.2 Å². The topological polar surface area (TPSA) is 167 Å². The van der Waals surface area contributed by atoms with E-state index in [1.807, 2.05) is 0 Å². The predicted octanol–water partition coefficient (Wildman–Crippen LogP) is -1.42. The number of hydrogen-bond donors (Lipinski definition) is 5. The Morgan fingerprint density at radius 1 is 1.33 bits per heavy atom. The number of aliphatic hydroxyl groups excluding tert-OH is 1. The van der Waals surface area contributed by atoms with Crippen LogP contribution in [0.5, 0.6) is 0 Å². The molecular weight excluding hydrogens is 320 g/mol. The van der Waals surface area contributed by atoms with Crippen LogP contribution >= 0.6 is 0 Å². The van der Waals surface area contributed by atoms with Gasteiger partial charge in [-0.2, -0.15) is 0 Å². The Hall–Kier alpha value is -2.24. The highest BCUT2D eigenvalue weighted by Crippen LogP contribution is 2.20. The van der Waals surface area contributed by atoms with Crippen LogP contribution in [0.3, 0.4) is 0 Å². The summed E-state index contributed by atoms with van der Waals surface area (Å²) >= 11 is 0. The third kappa shape index (κ3) is 4.88. The highest BCUT2D eigenvalue weighted by Gasteiger charge is 2.26. The summed E-state index contributed by atoms with van der Waals surface area (Å²) in [5.41, 5.74) is 5.61. The largest absolute Gasteiger partial charge is 0.481 e. The van der Waals surface area contributed by atoms with Gasteiger partial charge in [0.1, 0.15) is 12.1 Å². The van der Waals surface area contributed by atoms with Gasteiger partial charge in [0.2, 0.25) is 11.8 Å². The van der Waals surface area contributed by atoms with Gasteiger partial charge in [0.25, 0.3) is 0 Å². The summed E-state index contributed by atoms with van der Waals surface area (Å²) in [5.74, 6) is -0.897. The molecule has 0 saturated carbocycles. The maximum atomic E-state index is 12.3. The van der Waals surface area contributed by atoms with E-state index < -0.39 is 18.1 Å². The van der Waals surface area contributed by atoms with Gasteiger partial charge in [0.05, 0.1) is 6.61 Å². The predicted molar refractivity (Wildman–Crippen MR) is 80.9 cm³/mol. The number of aromatic nitrogens is 2. The van der Waals surface area contributed by atoms with Crippen LogP contribution < -0.4 is 16.4 Å². The minimum absolute atomic E-state index is 0.0317. The Balaban J connectivity index is 2.07. The molecule has 1 aromatic heterocycles. The molecule has 1 fully saturated rings. The molecule has 0 spiro atoms. The smallest absolute Gasteiger partial charge is 0.318 e. The number of carboxylic acid groups (broad SMARTS) is 1. The van der Waals surface area contributed by atoms with E-state index in [4.69, 9.17) is 20.4 Å². The quantitative estimate of drug-likeness (QED) is 0.399. The molecule has 2 amide bonds. The summed E-state index contributed by atoms with van der Waals surface area (Å²) in [6, 6.07) is -1.89. The molecule has 1 aromatic rings. The van der Waals surface area contributed by atoms with Crippen molar-refractivity contribution in [3.05, 3.63) is 11.8 Å². The van der Waals surface area contributed by atoms with Gasteiger partial charge in [-0.3, -0.25) is 4.79 Å². The summed E-state index contributed by atoms with van der Waals surface area (Å²) in [4.78, 5) is 24.8. The van der Waals surface area contributed by atoms with Gasteiger partial charge in [0, 0.05) is 32.6 Å². The summed E-state index contributed by atoms with van der Waals surface area (Å²) < 4.78 is 5.37. The monoisotopic (exact) mass is 342 g/mol. The first kappa shape index (κ1) is 18.1. The van der Waals surface area contributed by atoms with E-state index in [1.165, 1.54) is 0 Å². The maximum Gasteiger partial charge on any atom is 0.318 e. The van der Waals surface area contributed by atoms with Crippen molar-refractivity contribution in [3.8, 4) is 0 Å². The molecule has 0 unspecified atom stereocenters. The fourth-order valence-corrected chi connectivity index (χ4v) is 2.25. The molecule has 0 radical (unpaired) electrons. The molecule has 0 aromatic carbocycles. The number of nitrogens with two attached hydrogens (primary N) is 1. The van der Waals surface area contributed by atoms with Crippen molar-refractivity contribution in [2.75, 3.05) is 32.8 Å². The third-order valence-electron chi connectivity index (χ3n) is 3.62. The molecule has 0 aliphatic carbocycles. The lowest BCUT2D eigenvalue weighted by molar-refractivity contribution is -0.137. The molecule has 1 aliphatic rings. The van der Waals surface area contributed by atoms with Crippen LogP contribution in [-0.4, -0.2) is 70.1 Å². The number of piperazine rings is 1. The lowest BCUT2D eigenvalue weighted by Crippen LogP contribution is -2.50. The third-order valence-corrected chi connectivity index (χ3v) is 3.62. The Bertz CT molecular complexity index is 559. The number of carbonyl (C=O) groups excluding carboxylic acids is 1. The maximum absolute atomic E-state index is 12.3. The molecule has 11 heteroatoms. The summed E-state index contributed by atoms with van der Waals surface area (Å²) in [6.07, 6.45) is -0.0700. The van der Waals surface area contributed by atoms with Crippen molar-refractivity contribution in [1.29, 1.82) is 0 Å². The van der Waals surface area contributed by atoms with E-state index in [9.17, 15) is 9.59 Å². The van der Waals surface area contributed by atoms with E-state index in [0.717, 1.165) is 0 Å². The van der Waals surface area contributed by atoms with Gasteiger partial charge in [-0.25, -0.2) is 4.79 Å². The Labute approximate surface area is 138 Å². The molecule has 1 saturated heterocycles. The molecule has 6 N–H and O–H groups in total. The van der Waals surface area contributed by atoms with E-state index >= 15 is 0 Å². The van der Waals surface area contributed by atoms with Gasteiger partial charge >= 0.3 is 12.0 Å². The first-order valence-electron chi connectivity index (χ1n) is 7.69. The molecule has 2 rings (SSSR count). The highest BCUT2D eigenvalue weighted by atomic mass is 16.4. The number of carboxylic acids is 1. The summed E-state index contributed by atoms with van der Waals surface area (Å²) in [5, 5.41) is 31.3. The van der Waals surface area contributed by atoms with Crippen LogP contribution in [-0.2, 0) is 4.79 Å². The summed E-state index contributed by atoms with van der Waals surface area (Å²) in [7, 11) is 0. The number of amides is 2. The SMILES string of the molecule is N[C@@H](CO)c1nnc([C@H](CCC(=O)O)NC(=O)N2CCNCC2)o1. The van der Waals surface area contributed by atoms with Crippen LogP contribution in [0.25, 0.3) is 0 Å². The van der Waals surface area contributed by atoms with Crippen LogP contribution in [0.4, 0.5) is 4.79 Å². The number of nitrogens with one attached hydrogen (secondary N) is 2. The molecule has 11 nitrogen and oxygen atoms in total. The molecule has 134 valence electrons. The normalized spacial score (nSPS) is 17.3. The van der Waals surface area contributed by atoms with E-state index in [1.54, 1.807) is 4.90 Å². The fraction of sp³-hybridized carbons (Fsp3) is 0.692. The van der Waals surface area contributed by atoms with E-state index in [2.05, 4.69) is 20.8 Å². The first-order chi connectivity index (χ1) is 11.5. The summed E-state index contributed by atoms with van der Waals surface area (Å²) in [6.45, 7) is 2.14. The Morgan fingerprint density at radius 2 is 2.00 bits per heavy atom. The molecular formula is C13H22N6O5. The molecule has 24 heavy (non-hydrogen) atoms. The molecule has 2 atom stereocenters. The van der Waals surface area contributed by atoms with Gasteiger partial charge < -0.3 is 35.9 Å². The zero-order valence-corrected chi connectivity index (χ0v) is 13.1. The fourth-order valence-electron chi connectivity index (χ4n) is 2.25. The van der Waals surface area contributed by atoms with Crippen LogP contribution in [0.1, 0.15) is 36.7 Å². The lowest BCUT2D eigenvalue weighted by Gasteiger charge is -2.29. The minimum atomic E-state index is -0.997. The highest BCUT2D eigenvalue weighted by molar-refractivity contribution is 5.75. The molecule has 0 bridgehead atoms. The number of aliphatic hydroxyl groups is 1. The van der Waals surface area contributed by atoms with Crippen LogP contribution in [0.2, 0.25) is 0 Å². The van der Waals surface area contributed by atoms with Gasteiger partial charge in [-0.15, -0.1) is 10.2 Å². The number of hydrogen-bond acceptors (Lipinski definition) is 8. The van der Waals surface area contributed by atoms with Crippen molar-refractivity contribution in [2.24, 2.45) is 5.73 Å².